The maximum atomic E-state index is 13.0. The molecule has 1 aliphatic heterocycles. The van der Waals surface area contributed by atoms with E-state index in [9.17, 15) is 22.8 Å². The number of fused-ring (bicyclic) bond motifs is 1. The van der Waals surface area contributed by atoms with Crippen molar-refractivity contribution in [3.8, 4) is 5.75 Å². The van der Waals surface area contributed by atoms with Gasteiger partial charge in [0, 0.05) is 30.7 Å². The molecular formula is C24H26F3N5O4. The van der Waals surface area contributed by atoms with E-state index in [1.807, 2.05) is 29.6 Å². The predicted molar refractivity (Wildman–Crippen MR) is 125 cm³/mol. The highest BCUT2D eigenvalue weighted by molar-refractivity contribution is 6.05. The number of amides is 1. The molecule has 0 bridgehead atoms. The van der Waals surface area contributed by atoms with Crippen LogP contribution in [0.2, 0.25) is 0 Å². The van der Waals surface area contributed by atoms with E-state index in [1.165, 1.54) is 6.07 Å². The van der Waals surface area contributed by atoms with Crippen molar-refractivity contribution in [1.82, 2.24) is 19.7 Å². The number of alkyl halides is 3. The van der Waals surface area contributed by atoms with Crippen LogP contribution in [0.15, 0.2) is 36.5 Å². The van der Waals surface area contributed by atoms with Crippen LogP contribution < -0.4 is 10.1 Å². The van der Waals surface area contributed by atoms with Gasteiger partial charge in [0.05, 0.1) is 29.9 Å². The summed E-state index contributed by atoms with van der Waals surface area (Å²) >= 11 is 0. The van der Waals surface area contributed by atoms with Crippen LogP contribution in [-0.2, 0) is 11.0 Å². The highest BCUT2D eigenvalue weighted by Gasteiger charge is 2.33. The maximum Gasteiger partial charge on any atom is 0.433 e. The van der Waals surface area contributed by atoms with Gasteiger partial charge in [-0.3, -0.25) is 19.2 Å². The van der Waals surface area contributed by atoms with Gasteiger partial charge < -0.3 is 15.2 Å². The number of aromatic nitrogens is 3. The fourth-order valence-electron chi connectivity index (χ4n) is 4.15. The number of anilines is 1. The normalized spacial score (nSPS) is 15.4. The number of hydrogen-bond acceptors (Lipinski definition) is 6. The lowest BCUT2D eigenvalue weighted by molar-refractivity contribution is -0.141. The number of nitrogens with zero attached hydrogens (tertiary/aromatic N) is 4. The standard InChI is InChI=1S/C24H26F3N5O4/c1-14(2)36-20-11-18-15(12-32(30-18)16-6-8-31(9-7-16)13-22(33)34)10-19(20)29-23(35)17-4-3-5-21(28-17)24(25,26)27/h3-5,10-12,14,16H,6-9,13H2,1-2H3,(H,29,35)(H,33,34). The average molecular weight is 505 g/mol. The molecule has 36 heavy (non-hydrogen) atoms. The number of halogens is 3. The molecule has 0 saturated carbocycles. The molecule has 0 aliphatic carbocycles. The summed E-state index contributed by atoms with van der Waals surface area (Å²) in [6.07, 6.45) is -1.59. The molecular weight excluding hydrogens is 479 g/mol. The van der Waals surface area contributed by atoms with Gasteiger partial charge in [0.25, 0.3) is 5.91 Å². The molecule has 9 nitrogen and oxygen atoms in total. The van der Waals surface area contributed by atoms with Crippen LogP contribution in [0.5, 0.6) is 5.75 Å². The van der Waals surface area contributed by atoms with Gasteiger partial charge in [-0.2, -0.15) is 18.3 Å². The second kappa shape index (κ2) is 10.1. The second-order valence-electron chi connectivity index (χ2n) is 8.94. The molecule has 0 atom stereocenters. The van der Waals surface area contributed by atoms with Crippen molar-refractivity contribution in [3.63, 3.8) is 0 Å². The van der Waals surface area contributed by atoms with Crippen molar-refractivity contribution >= 4 is 28.5 Å². The molecule has 2 N–H and O–H groups in total. The summed E-state index contributed by atoms with van der Waals surface area (Å²) in [5.74, 6) is -1.32. The minimum atomic E-state index is -4.67. The molecule has 1 saturated heterocycles. The number of ether oxygens (including phenoxy) is 1. The van der Waals surface area contributed by atoms with Crippen molar-refractivity contribution in [2.75, 3.05) is 25.0 Å². The van der Waals surface area contributed by atoms with Gasteiger partial charge in [-0.05, 0) is 44.9 Å². The van der Waals surface area contributed by atoms with Crippen LogP contribution in [0.25, 0.3) is 10.9 Å². The Labute approximate surface area is 204 Å². The molecule has 3 heterocycles. The Morgan fingerprint density at radius 2 is 1.94 bits per heavy atom. The fourth-order valence-corrected chi connectivity index (χ4v) is 4.15. The minimum Gasteiger partial charge on any atom is -0.489 e. The first kappa shape index (κ1) is 25.4. The average Bonchev–Trinajstić information content (AvgIpc) is 3.21. The maximum absolute atomic E-state index is 13.0. The van der Waals surface area contributed by atoms with E-state index in [0.29, 0.717) is 29.7 Å². The fraction of sp³-hybridized carbons (Fsp3) is 0.417. The Kier molecular flexibility index (Phi) is 7.16. The number of carbonyl (C=O) groups is 2. The lowest BCUT2D eigenvalue weighted by atomic mass is 10.1. The van der Waals surface area contributed by atoms with Gasteiger partial charge in [-0.1, -0.05) is 6.07 Å². The molecule has 12 heteroatoms. The Balaban J connectivity index is 1.58. The Hall–Kier alpha value is -3.67. The number of carboxylic acids is 1. The first-order valence-electron chi connectivity index (χ1n) is 11.5. The van der Waals surface area contributed by atoms with Crippen LogP contribution in [-0.4, -0.2) is 62.4 Å². The number of nitrogens with one attached hydrogen (secondary N) is 1. The Morgan fingerprint density at radius 3 is 2.58 bits per heavy atom. The molecule has 0 unspecified atom stereocenters. The van der Waals surface area contributed by atoms with Gasteiger partial charge in [-0.25, -0.2) is 4.98 Å². The van der Waals surface area contributed by atoms with Crippen molar-refractivity contribution in [2.24, 2.45) is 0 Å². The predicted octanol–water partition coefficient (Wildman–Crippen LogP) is 4.21. The highest BCUT2D eigenvalue weighted by Crippen LogP contribution is 2.33. The summed E-state index contributed by atoms with van der Waals surface area (Å²) in [5, 5.41) is 17.0. The van der Waals surface area contributed by atoms with Crippen LogP contribution in [0, 0.1) is 0 Å². The molecule has 1 aromatic carbocycles. The number of carboxylic acid groups (broad SMARTS) is 1. The highest BCUT2D eigenvalue weighted by atomic mass is 19.4. The first-order chi connectivity index (χ1) is 17.0. The smallest absolute Gasteiger partial charge is 0.433 e. The van der Waals surface area contributed by atoms with Crippen LogP contribution in [0.1, 0.15) is 48.9 Å². The zero-order chi connectivity index (χ0) is 26.0. The zero-order valence-electron chi connectivity index (χ0n) is 19.7. The largest absolute Gasteiger partial charge is 0.489 e. The quantitative estimate of drug-likeness (QED) is 0.495. The molecule has 3 aromatic rings. The summed E-state index contributed by atoms with van der Waals surface area (Å²) < 4.78 is 46.7. The third-order valence-corrected chi connectivity index (χ3v) is 5.80. The molecule has 0 radical (unpaired) electrons. The van der Waals surface area contributed by atoms with E-state index in [4.69, 9.17) is 9.84 Å². The molecule has 0 spiro atoms. The van der Waals surface area contributed by atoms with Crippen molar-refractivity contribution in [1.29, 1.82) is 0 Å². The SMILES string of the molecule is CC(C)Oc1cc2nn(C3CCN(CC(=O)O)CC3)cc2cc1NC(=O)c1cccc(C(F)(F)F)n1. The zero-order valence-corrected chi connectivity index (χ0v) is 19.7. The monoisotopic (exact) mass is 505 g/mol. The molecule has 1 fully saturated rings. The number of benzene rings is 1. The summed E-state index contributed by atoms with van der Waals surface area (Å²) in [6.45, 7) is 4.91. The molecule has 4 rings (SSSR count). The Bertz CT molecular complexity index is 1270. The third-order valence-electron chi connectivity index (χ3n) is 5.80. The van der Waals surface area contributed by atoms with E-state index in [1.54, 1.807) is 12.1 Å². The first-order valence-corrected chi connectivity index (χ1v) is 11.5. The van der Waals surface area contributed by atoms with Gasteiger partial charge in [-0.15, -0.1) is 0 Å². The summed E-state index contributed by atoms with van der Waals surface area (Å²) in [7, 11) is 0. The van der Waals surface area contributed by atoms with Gasteiger partial charge >= 0.3 is 12.1 Å². The van der Waals surface area contributed by atoms with Crippen LogP contribution in [0.4, 0.5) is 18.9 Å². The molecule has 192 valence electrons. The number of aliphatic carboxylic acids is 1. The Morgan fingerprint density at radius 1 is 1.22 bits per heavy atom. The van der Waals surface area contributed by atoms with Crippen LogP contribution in [0.3, 0.4) is 0 Å². The van der Waals surface area contributed by atoms with Crippen molar-refractivity contribution in [3.05, 3.63) is 47.9 Å². The summed E-state index contributed by atoms with van der Waals surface area (Å²) in [5.41, 5.74) is -0.603. The molecule has 2 aromatic heterocycles. The van der Waals surface area contributed by atoms with Gasteiger partial charge in [0.15, 0.2) is 0 Å². The van der Waals surface area contributed by atoms with E-state index >= 15 is 0 Å². The van der Waals surface area contributed by atoms with Crippen LogP contribution >= 0.6 is 0 Å². The minimum absolute atomic E-state index is 0.00744. The second-order valence-corrected chi connectivity index (χ2v) is 8.94. The lowest BCUT2D eigenvalue weighted by Gasteiger charge is -2.30. The molecule has 1 aliphatic rings. The number of likely N-dealkylation sites (tertiary alicyclic amines) is 1. The third kappa shape index (κ3) is 5.93. The topological polar surface area (TPSA) is 110 Å². The number of rotatable bonds is 7. The van der Waals surface area contributed by atoms with E-state index in [0.717, 1.165) is 25.0 Å². The summed E-state index contributed by atoms with van der Waals surface area (Å²) in [6, 6.07) is 6.58. The van der Waals surface area contributed by atoms with E-state index in [-0.39, 0.29) is 30.1 Å². The van der Waals surface area contributed by atoms with Crippen molar-refractivity contribution < 1.29 is 32.6 Å². The lowest BCUT2D eigenvalue weighted by Crippen LogP contribution is -2.38. The van der Waals surface area contributed by atoms with E-state index in [2.05, 4.69) is 15.4 Å². The summed E-state index contributed by atoms with van der Waals surface area (Å²) in [4.78, 5) is 29.0. The number of hydrogen-bond donors (Lipinski definition) is 2. The van der Waals surface area contributed by atoms with E-state index < -0.39 is 23.7 Å². The number of piperidine rings is 1. The number of carbonyl (C=O) groups excluding carboxylic acids is 1. The molecule has 1 amide bonds. The van der Waals surface area contributed by atoms with Gasteiger partial charge in [0.1, 0.15) is 17.1 Å². The van der Waals surface area contributed by atoms with Crippen molar-refractivity contribution in [2.45, 2.75) is 45.0 Å². The number of pyridine rings is 1. The van der Waals surface area contributed by atoms with Gasteiger partial charge in [0.2, 0.25) is 0 Å².